The molecule has 0 radical (unpaired) electrons. The van der Waals surface area contributed by atoms with Gasteiger partial charge in [0.2, 0.25) is 10.0 Å². The molecule has 0 fully saturated rings. The van der Waals surface area contributed by atoms with E-state index in [1.807, 2.05) is 18.2 Å². The summed E-state index contributed by atoms with van der Waals surface area (Å²) in [6, 6.07) is 20.2. The maximum Gasteiger partial charge on any atom is 0.264 e. The molecule has 1 aliphatic heterocycles. The third-order valence-electron chi connectivity index (χ3n) is 5.09. The highest BCUT2D eigenvalue weighted by molar-refractivity contribution is 7.89. The number of primary sulfonamides is 1. The second-order valence-electron chi connectivity index (χ2n) is 7.24. The number of amides is 2. The standard InChI is InChI=1S/C23H21N3O5S/c24-32(29,30)18-10-11-20-16(14-18)12-13-26(20)22(27)15-31-21-9-5-4-8-19(21)23(28)25-17-6-2-1-3-7-17/h1-11,14H,12-13,15H2,(H,25,28)(H2,24,29,30). The number of rotatable bonds is 6. The number of sulfonamides is 1. The van der Waals surface area contributed by atoms with Crippen LogP contribution in [-0.2, 0) is 21.2 Å². The molecule has 8 nitrogen and oxygen atoms in total. The van der Waals surface area contributed by atoms with Gasteiger partial charge in [0, 0.05) is 17.9 Å². The van der Waals surface area contributed by atoms with Crippen LogP contribution < -0.4 is 20.1 Å². The van der Waals surface area contributed by atoms with Crippen LogP contribution in [0.5, 0.6) is 5.75 Å². The molecule has 2 amide bonds. The van der Waals surface area contributed by atoms with Gasteiger partial charge in [0.1, 0.15) is 5.75 Å². The summed E-state index contributed by atoms with van der Waals surface area (Å²) in [5.41, 5.74) is 2.31. The Morgan fingerprint density at radius 1 is 1.00 bits per heavy atom. The molecule has 3 aromatic carbocycles. The van der Waals surface area contributed by atoms with Crippen molar-refractivity contribution >= 4 is 33.2 Å². The molecule has 0 saturated heterocycles. The lowest BCUT2D eigenvalue weighted by Gasteiger charge is -2.18. The number of anilines is 2. The number of carbonyl (C=O) groups is 2. The van der Waals surface area contributed by atoms with E-state index < -0.39 is 10.0 Å². The molecule has 1 aliphatic rings. The Hall–Kier alpha value is -3.69. The molecule has 0 spiro atoms. The average Bonchev–Trinajstić information content (AvgIpc) is 3.21. The van der Waals surface area contributed by atoms with Crippen LogP contribution in [0.3, 0.4) is 0 Å². The topological polar surface area (TPSA) is 119 Å². The van der Waals surface area contributed by atoms with Gasteiger partial charge in [-0.05, 0) is 54.4 Å². The zero-order chi connectivity index (χ0) is 22.7. The summed E-state index contributed by atoms with van der Waals surface area (Å²) in [5, 5.41) is 7.98. The Balaban J connectivity index is 1.45. The highest BCUT2D eigenvalue weighted by atomic mass is 32.2. The lowest BCUT2D eigenvalue weighted by atomic mass is 10.2. The lowest BCUT2D eigenvalue weighted by Crippen LogP contribution is -2.33. The van der Waals surface area contributed by atoms with Gasteiger partial charge < -0.3 is 15.0 Å². The van der Waals surface area contributed by atoms with Crippen LogP contribution in [0, 0.1) is 0 Å². The van der Waals surface area contributed by atoms with Crippen molar-refractivity contribution in [1.29, 1.82) is 0 Å². The van der Waals surface area contributed by atoms with Crippen molar-refractivity contribution in [2.45, 2.75) is 11.3 Å². The van der Waals surface area contributed by atoms with E-state index in [2.05, 4.69) is 5.32 Å². The van der Waals surface area contributed by atoms with Crippen LogP contribution in [0.1, 0.15) is 15.9 Å². The zero-order valence-corrected chi connectivity index (χ0v) is 17.8. The monoisotopic (exact) mass is 451 g/mol. The first kappa shape index (κ1) is 21.5. The van der Waals surface area contributed by atoms with E-state index in [9.17, 15) is 18.0 Å². The first-order valence-corrected chi connectivity index (χ1v) is 11.4. The molecule has 32 heavy (non-hydrogen) atoms. The number of hydrogen-bond acceptors (Lipinski definition) is 5. The Bertz CT molecular complexity index is 1280. The van der Waals surface area contributed by atoms with Crippen LogP contribution >= 0.6 is 0 Å². The van der Waals surface area contributed by atoms with Gasteiger partial charge in [0.15, 0.2) is 6.61 Å². The van der Waals surface area contributed by atoms with Crippen molar-refractivity contribution < 1.29 is 22.7 Å². The highest BCUT2D eigenvalue weighted by Crippen LogP contribution is 2.30. The molecule has 164 valence electrons. The molecule has 0 saturated carbocycles. The van der Waals surface area contributed by atoms with E-state index >= 15 is 0 Å². The number of fused-ring (bicyclic) bond motifs is 1. The number of hydrogen-bond donors (Lipinski definition) is 2. The van der Waals surface area contributed by atoms with Crippen molar-refractivity contribution in [3.05, 3.63) is 83.9 Å². The van der Waals surface area contributed by atoms with Crippen molar-refractivity contribution in [2.75, 3.05) is 23.4 Å². The molecule has 3 aromatic rings. The molecule has 0 bridgehead atoms. The summed E-state index contributed by atoms with van der Waals surface area (Å²) in [7, 11) is -3.81. The van der Waals surface area contributed by atoms with Crippen molar-refractivity contribution in [2.24, 2.45) is 5.14 Å². The molecule has 0 atom stereocenters. The summed E-state index contributed by atoms with van der Waals surface area (Å²) >= 11 is 0. The van der Waals surface area contributed by atoms with E-state index in [-0.39, 0.29) is 23.3 Å². The summed E-state index contributed by atoms with van der Waals surface area (Å²) < 4.78 is 28.8. The number of para-hydroxylation sites is 2. The van der Waals surface area contributed by atoms with Crippen LogP contribution in [0.2, 0.25) is 0 Å². The number of nitrogens with zero attached hydrogens (tertiary/aromatic N) is 1. The van der Waals surface area contributed by atoms with E-state index in [1.165, 1.54) is 17.0 Å². The Morgan fingerprint density at radius 3 is 2.47 bits per heavy atom. The fourth-order valence-electron chi connectivity index (χ4n) is 3.53. The zero-order valence-electron chi connectivity index (χ0n) is 17.0. The smallest absolute Gasteiger partial charge is 0.264 e. The first-order chi connectivity index (χ1) is 15.3. The highest BCUT2D eigenvalue weighted by Gasteiger charge is 2.26. The second kappa shape index (κ2) is 8.81. The second-order valence-corrected chi connectivity index (χ2v) is 8.80. The van der Waals surface area contributed by atoms with Gasteiger partial charge in [-0.3, -0.25) is 9.59 Å². The van der Waals surface area contributed by atoms with Gasteiger partial charge in [0.05, 0.1) is 10.5 Å². The largest absolute Gasteiger partial charge is 0.483 e. The third-order valence-corrected chi connectivity index (χ3v) is 6.00. The number of nitrogens with two attached hydrogens (primary N) is 1. The van der Waals surface area contributed by atoms with E-state index in [4.69, 9.17) is 9.88 Å². The molecule has 0 aliphatic carbocycles. The lowest BCUT2D eigenvalue weighted by molar-refractivity contribution is -0.120. The Kier molecular flexibility index (Phi) is 5.93. The van der Waals surface area contributed by atoms with Crippen molar-refractivity contribution in [1.82, 2.24) is 0 Å². The summed E-state index contributed by atoms with van der Waals surface area (Å²) in [4.78, 5) is 27.0. The first-order valence-electron chi connectivity index (χ1n) is 9.87. The molecular weight excluding hydrogens is 430 g/mol. The van der Waals surface area contributed by atoms with Gasteiger partial charge in [0.25, 0.3) is 11.8 Å². The number of carbonyl (C=O) groups excluding carboxylic acids is 2. The van der Waals surface area contributed by atoms with E-state index in [0.717, 1.165) is 5.56 Å². The molecule has 1 heterocycles. The fraction of sp³-hybridized carbons (Fsp3) is 0.130. The van der Waals surface area contributed by atoms with Gasteiger partial charge in [-0.2, -0.15) is 0 Å². The van der Waals surface area contributed by atoms with Crippen LogP contribution in [0.25, 0.3) is 0 Å². The number of ether oxygens (including phenoxy) is 1. The van der Waals surface area contributed by atoms with Crippen LogP contribution in [0.4, 0.5) is 11.4 Å². The quantitative estimate of drug-likeness (QED) is 0.597. The molecule has 9 heteroatoms. The van der Waals surface area contributed by atoms with Gasteiger partial charge in [-0.25, -0.2) is 13.6 Å². The van der Waals surface area contributed by atoms with Gasteiger partial charge in [-0.1, -0.05) is 30.3 Å². The van der Waals surface area contributed by atoms with Crippen LogP contribution in [-0.4, -0.2) is 33.4 Å². The van der Waals surface area contributed by atoms with Crippen molar-refractivity contribution in [3.8, 4) is 5.75 Å². The Labute approximate surface area is 185 Å². The number of nitrogens with one attached hydrogen (secondary N) is 1. The minimum Gasteiger partial charge on any atom is -0.483 e. The molecule has 3 N–H and O–H groups in total. The molecule has 0 aromatic heterocycles. The summed E-state index contributed by atoms with van der Waals surface area (Å²) in [6.07, 6.45) is 0.514. The van der Waals surface area contributed by atoms with Gasteiger partial charge >= 0.3 is 0 Å². The third kappa shape index (κ3) is 4.63. The molecule has 0 unspecified atom stereocenters. The molecular formula is C23H21N3O5S. The maximum atomic E-state index is 12.8. The van der Waals surface area contributed by atoms with Gasteiger partial charge in [-0.15, -0.1) is 0 Å². The SMILES string of the molecule is NS(=O)(=O)c1ccc2c(c1)CCN2C(=O)COc1ccccc1C(=O)Nc1ccccc1. The number of benzene rings is 3. The predicted octanol–water partition coefficient (Wildman–Crippen LogP) is 2.55. The normalized spacial score (nSPS) is 12.8. The minimum absolute atomic E-state index is 0.0140. The van der Waals surface area contributed by atoms with E-state index in [0.29, 0.717) is 35.7 Å². The van der Waals surface area contributed by atoms with Crippen LogP contribution in [0.15, 0.2) is 77.7 Å². The van der Waals surface area contributed by atoms with Crippen molar-refractivity contribution in [3.63, 3.8) is 0 Å². The minimum atomic E-state index is -3.81. The van der Waals surface area contributed by atoms with E-state index in [1.54, 1.807) is 42.5 Å². The molecule has 4 rings (SSSR count). The predicted molar refractivity (Wildman–Crippen MR) is 120 cm³/mol. The fourth-order valence-corrected chi connectivity index (χ4v) is 4.10. The summed E-state index contributed by atoms with van der Waals surface area (Å²) in [5.74, 6) is -0.357. The maximum absolute atomic E-state index is 12.8. The Morgan fingerprint density at radius 2 is 1.72 bits per heavy atom. The summed E-state index contributed by atoms with van der Waals surface area (Å²) in [6.45, 7) is 0.133. The average molecular weight is 452 g/mol.